The Labute approximate surface area is 264 Å². The highest BCUT2D eigenvalue weighted by molar-refractivity contribution is 6.24. The maximum Gasteiger partial charge on any atom is 0.0704 e. The Morgan fingerprint density at radius 3 is 1.40 bits per heavy atom. The van der Waals surface area contributed by atoms with Crippen LogP contribution in [-0.4, -0.2) is 4.98 Å². The van der Waals surface area contributed by atoms with Crippen molar-refractivity contribution in [2.24, 2.45) is 0 Å². The predicted octanol–water partition coefficient (Wildman–Crippen LogP) is 12.1. The van der Waals surface area contributed by atoms with Crippen molar-refractivity contribution in [2.45, 2.75) is 20.8 Å². The number of aryl methyl sites for hydroxylation is 3. The minimum Gasteiger partial charge on any atom is -0.256 e. The number of rotatable bonds is 4. The molecular formula is C44H33N. The molecule has 0 aliphatic carbocycles. The molecule has 1 heteroatoms. The van der Waals surface area contributed by atoms with Gasteiger partial charge in [0.05, 0.1) is 5.69 Å². The van der Waals surface area contributed by atoms with E-state index in [1.807, 2.05) is 12.3 Å². The molecule has 7 aromatic carbocycles. The van der Waals surface area contributed by atoms with Gasteiger partial charge in [-0.05, 0) is 115 Å². The van der Waals surface area contributed by atoms with Crippen LogP contribution in [0.15, 0.2) is 146 Å². The van der Waals surface area contributed by atoms with Crippen molar-refractivity contribution >= 4 is 32.3 Å². The SMILES string of the molecule is Cc1ccnc(-c2ccc(-c3c4ccccc4c(-c4cccc5c(-c6c(C)cccc6C)cccc45)c4ccccc34)cc2)c1. The van der Waals surface area contributed by atoms with Crippen molar-refractivity contribution < 1.29 is 0 Å². The number of hydrogen-bond acceptors (Lipinski definition) is 1. The van der Waals surface area contributed by atoms with Gasteiger partial charge in [-0.2, -0.15) is 0 Å². The molecule has 0 saturated heterocycles. The van der Waals surface area contributed by atoms with Crippen LogP contribution in [0.4, 0.5) is 0 Å². The molecule has 8 rings (SSSR count). The van der Waals surface area contributed by atoms with E-state index in [4.69, 9.17) is 0 Å². The average molecular weight is 576 g/mol. The molecule has 1 aromatic heterocycles. The summed E-state index contributed by atoms with van der Waals surface area (Å²) in [7, 11) is 0. The second kappa shape index (κ2) is 10.9. The number of fused-ring (bicyclic) bond motifs is 3. The molecule has 8 aromatic rings. The van der Waals surface area contributed by atoms with E-state index in [0.29, 0.717) is 0 Å². The first-order chi connectivity index (χ1) is 22.1. The van der Waals surface area contributed by atoms with Crippen LogP contribution >= 0.6 is 0 Å². The minimum absolute atomic E-state index is 1.00. The molecule has 0 atom stereocenters. The summed E-state index contributed by atoms with van der Waals surface area (Å²) in [5.41, 5.74) is 13.6. The molecule has 0 fully saturated rings. The highest BCUT2D eigenvalue weighted by atomic mass is 14.7. The fourth-order valence-electron chi connectivity index (χ4n) is 7.22. The fourth-order valence-corrected chi connectivity index (χ4v) is 7.22. The zero-order valence-electron chi connectivity index (χ0n) is 25.8. The van der Waals surface area contributed by atoms with Gasteiger partial charge in [-0.3, -0.25) is 4.98 Å². The van der Waals surface area contributed by atoms with Crippen molar-refractivity contribution in [3.63, 3.8) is 0 Å². The third-order valence-electron chi connectivity index (χ3n) is 9.26. The summed E-state index contributed by atoms with van der Waals surface area (Å²) in [5, 5.41) is 7.60. The van der Waals surface area contributed by atoms with Gasteiger partial charge in [-0.1, -0.05) is 127 Å². The number of aromatic nitrogens is 1. The van der Waals surface area contributed by atoms with Crippen molar-refractivity contribution in [2.75, 3.05) is 0 Å². The van der Waals surface area contributed by atoms with Gasteiger partial charge in [0.1, 0.15) is 0 Å². The Balaban J connectivity index is 1.39. The lowest BCUT2D eigenvalue weighted by Gasteiger charge is -2.20. The molecule has 214 valence electrons. The average Bonchev–Trinajstić information content (AvgIpc) is 3.07. The number of pyridine rings is 1. The van der Waals surface area contributed by atoms with E-state index in [1.165, 1.54) is 82.4 Å². The molecular weight excluding hydrogens is 542 g/mol. The molecule has 1 nitrogen and oxygen atoms in total. The van der Waals surface area contributed by atoms with Crippen LogP contribution < -0.4 is 0 Å². The van der Waals surface area contributed by atoms with Crippen molar-refractivity contribution in [1.29, 1.82) is 0 Å². The molecule has 0 bridgehead atoms. The Kier molecular flexibility index (Phi) is 6.54. The smallest absolute Gasteiger partial charge is 0.0704 e. The van der Waals surface area contributed by atoms with E-state index < -0.39 is 0 Å². The first kappa shape index (κ1) is 27.0. The second-order valence-corrected chi connectivity index (χ2v) is 12.1. The van der Waals surface area contributed by atoms with E-state index in [1.54, 1.807) is 0 Å². The molecule has 0 aliphatic rings. The Morgan fingerprint density at radius 1 is 0.378 bits per heavy atom. The number of nitrogens with zero attached hydrogens (tertiary/aromatic N) is 1. The summed E-state index contributed by atoms with van der Waals surface area (Å²) in [6, 6.07) is 51.1. The summed E-state index contributed by atoms with van der Waals surface area (Å²) in [6.45, 7) is 6.54. The first-order valence-corrected chi connectivity index (χ1v) is 15.6. The summed E-state index contributed by atoms with van der Waals surface area (Å²) in [5.74, 6) is 0. The second-order valence-electron chi connectivity index (χ2n) is 12.1. The van der Waals surface area contributed by atoms with Gasteiger partial charge >= 0.3 is 0 Å². The third kappa shape index (κ3) is 4.51. The zero-order valence-corrected chi connectivity index (χ0v) is 25.8. The van der Waals surface area contributed by atoms with Gasteiger partial charge in [0.2, 0.25) is 0 Å². The van der Waals surface area contributed by atoms with Crippen LogP contribution in [0, 0.1) is 20.8 Å². The molecule has 0 aliphatic heterocycles. The van der Waals surface area contributed by atoms with E-state index in [2.05, 4.69) is 159 Å². The molecule has 0 radical (unpaired) electrons. The lowest BCUT2D eigenvalue weighted by molar-refractivity contribution is 1.29. The van der Waals surface area contributed by atoms with Gasteiger partial charge in [-0.25, -0.2) is 0 Å². The van der Waals surface area contributed by atoms with Crippen LogP contribution in [-0.2, 0) is 0 Å². The van der Waals surface area contributed by atoms with Crippen LogP contribution in [0.2, 0.25) is 0 Å². The van der Waals surface area contributed by atoms with Crippen LogP contribution in [0.5, 0.6) is 0 Å². The maximum atomic E-state index is 4.62. The molecule has 0 amide bonds. The molecule has 0 saturated carbocycles. The van der Waals surface area contributed by atoms with Gasteiger partial charge in [0.25, 0.3) is 0 Å². The van der Waals surface area contributed by atoms with Crippen LogP contribution in [0.3, 0.4) is 0 Å². The lowest BCUT2D eigenvalue weighted by Crippen LogP contribution is -1.93. The third-order valence-corrected chi connectivity index (χ3v) is 9.26. The maximum absolute atomic E-state index is 4.62. The molecule has 45 heavy (non-hydrogen) atoms. The van der Waals surface area contributed by atoms with Crippen molar-refractivity contribution in [3.05, 3.63) is 162 Å². The molecule has 0 unspecified atom stereocenters. The van der Waals surface area contributed by atoms with Crippen LogP contribution in [0.25, 0.3) is 77.0 Å². The summed E-state index contributed by atoms with van der Waals surface area (Å²) in [6.07, 6.45) is 1.89. The highest BCUT2D eigenvalue weighted by Gasteiger charge is 2.19. The first-order valence-electron chi connectivity index (χ1n) is 15.6. The minimum atomic E-state index is 1.00. The summed E-state index contributed by atoms with van der Waals surface area (Å²) in [4.78, 5) is 4.62. The molecule has 1 heterocycles. The Morgan fingerprint density at radius 2 is 0.844 bits per heavy atom. The highest BCUT2D eigenvalue weighted by Crippen LogP contribution is 2.46. The van der Waals surface area contributed by atoms with Gasteiger partial charge in [-0.15, -0.1) is 0 Å². The predicted molar refractivity (Wildman–Crippen MR) is 193 cm³/mol. The monoisotopic (exact) mass is 575 g/mol. The van der Waals surface area contributed by atoms with Gasteiger partial charge < -0.3 is 0 Å². The standard InChI is InChI=1S/C44H33N/c1-28-25-26-45-41(27-28)31-21-23-32(24-22-31)43-37-13-4-6-15-39(37)44(40-16-7-5-14-38(40)43)36-20-10-17-33-34(36)18-9-19-35(33)42-29(2)11-8-12-30(42)3/h4-27H,1-3H3. The van der Waals surface area contributed by atoms with Crippen LogP contribution in [0.1, 0.15) is 16.7 Å². The Bertz CT molecular complexity index is 2320. The largest absolute Gasteiger partial charge is 0.256 e. The number of benzene rings is 7. The lowest BCUT2D eigenvalue weighted by atomic mass is 9.83. The Hall–Kier alpha value is -5.53. The van der Waals surface area contributed by atoms with Gasteiger partial charge in [0, 0.05) is 11.8 Å². The van der Waals surface area contributed by atoms with E-state index >= 15 is 0 Å². The quantitative estimate of drug-likeness (QED) is 0.190. The number of hydrogen-bond donors (Lipinski definition) is 0. The van der Waals surface area contributed by atoms with Gasteiger partial charge in [0.15, 0.2) is 0 Å². The molecule has 0 spiro atoms. The molecule has 0 N–H and O–H groups in total. The van der Waals surface area contributed by atoms with E-state index in [0.717, 1.165) is 11.3 Å². The summed E-state index contributed by atoms with van der Waals surface area (Å²) >= 11 is 0. The summed E-state index contributed by atoms with van der Waals surface area (Å²) < 4.78 is 0. The zero-order chi connectivity index (χ0) is 30.5. The van der Waals surface area contributed by atoms with Crippen molar-refractivity contribution in [1.82, 2.24) is 4.98 Å². The van der Waals surface area contributed by atoms with E-state index in [-0.39, 0.29) is 0 Å². The fraction of sp³-hybridized carbons (Fsp3) is 0.0682. The van der Waals surface area contributed by atoms with E-state index in [9.17, 15) is 0 Å². The normalized spacial score (nSPS) is 11.4. The topological polar surface area (TPSA) is 12.9 Å². The van der Waals surface area contributed by atoms with Crippen molar-refractivity contribution in [3.8, 4) is 44.6 Å².